The number of benzene rings is 1. The topological polar surface area (TPSA) is 58.0 Å². The summed E-state index contributed by atoms with van der Waals surface area (Å²) in [6.07, 6.45) is 3.81. The molecule has 5 nitrogen and oxygen atoms in total. The molecule has 0 saturated carbocycles. The van der Waals surface area contributed by atoms with Crippen LogP contribution < -0.4 is 5.32 Å². The Morgan fingerprint density at radius 1 is 1.32 bits per heavy atom. The van der Waals surface area contributed by atoms with Crippen LogP contribution in [0.2, 0.25) is 0 Å². The quantitative estimate of drug-likeness (QED) is 0.588. The van der Waals surface area contributed by atoms with Crippen LogP contribution in [0.4, 0.5) is 5.13 Å². The molecule has 4 aromatic rings. The third kappa shape index (κ3) is 1.53. The second-order valence-electron chi connectivity index (χ2n) is 4.27. The number of nitrogens with one attached hydrogen (secondary N) is 2. The van der Waals surface area contributed by atoms with E-state index >= 15 is 0 Å². The molecule has 0 atom stereocenters. The summed E-state index contributed by atoms with van der Waals surface area (Å²) in [4.78, 5) is 8.50. The monoisotopic (exact) mass is 269 g/mol. The summed E-state index contributed by atoms with van der Waals surface area (Å²) in [7, 11) is 1.86. The Morgan fingerprint density at radius 2 is 2.26 bits per heavy atom. The van der Waals surface area contributed by atoms with Crippen LogP contribution in [0.1, 0.15) is 0 Å². The molecule has 1 aromatic carbocycles. The minimum Gasteiger partial charge on any atom is -0.363 e. The van der Waals surface area contributed by atoms with Gasteiger partial charge in [0.1, 0.15) is 0 Å². The van der Waals surface area contributed by atoms with Crippen molar-refractivity contribution in [1.29, 1.82) is 0 Å². The van der Waals surface area contributed by atoms with Crippen molar-refractivity contribution in [1.82, 2.24) is 19.6 Å². The third-order valence-corrected chi connectivity index (χ3v) is 4.09. The molecule has 0 bridgehead atoms. The Morgan fingerprint density at radius 3 is 3.16 bits per heavy atom. The van der Waals surface area contributed by atoms with Gasteiger partial charge in [-0.25, -0.2) is 9.50 Å². The molecule has 0 aliphatic heterocycles. The van der Waals surface area contributed by atoms with Gasteiger partial charge in [-0.05, 0) is 18.2 Å². The molecule has 2 N–H and O–H groups in total. The van der Waals surface area contributed by atoms with Crippen LogP contribution >= 0.6 is 11.3 Å². The van der Waals surface area contributed by atoms with Gasteiger partial charge in [-0.15, -0.1) is 5.10 Å². The summed E-state index contributed by atoms with van der Waals surface area (Å²) in [6.45, 7) is 0. The molecular formula is C13H11N5S. The number of fused-ring (bicyclic) bond motifs is 2. The Hall–Kier alpha value is -2.34. The van der Waals surface area contributed by atoms with E-state index in [0.29, 0.717) is 0 Å². The maximum Gasteiger partial charge on any atom is 0.214 e. The molecule has 0 aliphatic carbocycles. The van der Waals surface area contributed by atoms with Crippen molar-refractivity contribution in [3.05, 3.63) is 36.7 Å². The van der Waals surface area contributed by atoms with Crippen molar-refractivity contribution in [3.8, 4) is 11.3 Å². The molecule has 0 aliphatic rings. The Balaban J connectivity index is 1.94. The van der Waals surface area contributed by atoms with Crippen molar-refractivity contribution in [3.63, 3.8) is 0 Å². The SMILES string of the molecule is CNc1nn2c(-c3ccc4[nH]ccc4c3)cnc2s1. The van der Waals surface area contributed by atoms with E-state index in [1.54, 1.807) is 11.3 Å². The molecule has 3 aromatic heterocycles. The summed E-state index contributed by atoms with van der Waals surface area (Å²) < 4.78 is 1.88. The van der Waals surface area contributed by atoms with Crippen LogP contribution in [0.15, 0.2) is 36.7 Å². The van der Waals surface area contributed by atoms with Gasteiger partial charge in [0.2, 0.25) is 10.1 Å². The molecule has 0 unspecified atom stereocenters. The second-order valence-corrected chi connectivity index (χ2v) is 5.23. The van der Waals surface area contributed by atoms with E-state index in [1.165, 1.54) is 5.39 Å². The fourth-order valence-electron chi connectivity index (χ4n) is 2.20. The predicted octanol–water partition coefficient (Wildman–Crippen LogP) is 2.98. The number of aromatic nitrogens is 4. The zero-order chi connectivity index (χ0) is 12.8. The molecule has 4 rings (SSSR count). The van der Waals surface area contributed by atoms with Crippen molar-refractivity contribution in [2.24, 2.45) is 0 Å². The van der Waals surface area contributed by atoms with Crippen molar-refractivity contribution in [2.45, 2.75) is 0 Å². The lowest BCUT2D eigenvalue weighted by atomic mass is 10.1. The summed E-state index contributed by atoms with van der Waals surface area (Å²) in [5, 5.41) is 9.60. The first-order chi connectivity index (χ1) is 9.35. The first-order valence-corrected chi connectivity index (χ1v) is 6.76. The highest BCUT2D eigenvalue weighted by Gasteiger charge is 2.11. The van der Waals surface area contributed by atoms with Gasteiger partial charge in [0, 0.05) is 29.7 Å². The number of aromatic amines is 1. The van der Waals surface area contributed by atoms with Crippen molar-refractivity contribution < 1.29 is 0 Å². The van der Waals surface area contributed by atoms with Gasteiger partial charge in [-0.2, -0.15) is 0 Å². The molecule has 0 spiro atoms. The minimum absolute atomic E-state index is 0.868. The van der Waals surface area contributed by atoms with Crippen LogP contribution in [0.3, 0.4) is 0 Å². The number of nitrogens with zero attached hydrogens (tertiary/aromatic N) is 3. The molecular weight excluding hydrogens is 258 g/mol. The maximum atomic E-state index is 4.49. The van der Waals surface area contributed by atoms with Gasteiger partial charge in [-0.1, -0.05) is 17.4 Å². The number of rotatable bonds is 2. The van der Waals surface area contributed by atoms with E-state index < -0.39 is 0 Å². The lowest BCUT2D eigenvalue weighted by Gasteiger charge is -1.99. The average Bonchev–Trinajstić information content (AvgIpc) is 3.12. The van der Waals surface area contributed by atoms with Gasteiger partial charge in [-0.3, -0.25) is 0 Å². The van der Waals surface area contributed by atoms with Gasteiger partial charge in [0.05, 0.1) is 11.9 Å². The van der Waals surface area contributed by atoms with Gasteiger partial charge in [0.25, 0.3) is 0 Å². The number of H-pyrrole nitrogens is 1. The van der Waals surface area contributed by atoms with Gasteiger partial charge in [0.15, 0.2) is 0 Å². The second kappa shape index (κ2) is 3.83. The zero-order valence-electron chi connectivity index (χ0n) is 10.2. The minimum atomic E-state index is 0.868. The predicted molar refractivity (Wildman–Crippen MR) is 77.7 cm³/mol. The largest absolute Gasteiger partial charge is 0.363 e. The number of imidazole rings is 1. The summed E-state index contributed by atoms with van der Waals surface area (Å²) >= 11 is 1.54. The number of anilines is 1. The Kier molecular flexibility index (Phi) is 2.13. The van der Waals surface area contributed by atoms with Crippen LogP contribution in [0, 0.1) is 0 Å². The van der Waals surface area contributed by atoms with Crippen LogP contribution in [-0.4, -0.2) is 26.6 Å². The van der Waals surface area contributed by atoms with Gasteiger partial charge >= 0.3 is 0 Å². The van der Waals surface area contributed by atoms with E-state index in [1.807, 2.05) is 24.0 Å². The van der Waals surface area contributed by atoms with Crippen LogP contribution in [0.5, 0.6) is 0 Å². The average molecular weight is 269 g/mol. The highest BCUT2D eigenvalue weighted by Crippen LogP contribution is 2.27. The molecule has 0 saturated heterocycles. The van der Waals surface area contributed by atoms with Crippen molar-refractivity contribution >= 4 is 32.3 Å². The normalized spacial score (nSPS) is 11.4. The molecule has 6 heteroatoms. The first kappa shape index (κ1) is 10.6. The van der Waals surface area contributed by atoms with Crippen molar-refractivity contribution in [2.75, 3.05) is 12.4 Å². The Bertz CT molecular complexity index is 869. The molecule has 94 valence electrons. The van der Waals surface area contributed by atoms with Crippen LogP contribution in [0.25, 0.3) is 27.1 Å². The van der Waals surface area contributed by atoms with E-state index in [9.17, 15) is 0 Å². The molecule has 0 radical (unpaired) electrons. The highest BCUT2D eigenvalue weighted by atomic mass is 32.1. The summed E-state index contributed by atoms with van der Waals surface area (Å²) in [6, 6.07) is 8.38. The third-order valence-electron chi connectivity index (χ3n) is 3.15. The Labute approximate surface area is 112 Å². The highest BCUT2D eigenvalue weighted by molar-refractivity contribution is 7.20. The smallest absolute Gasteiger partial charge is 0.214 e. The fraction of sp³-hybridized carbons (Fsp3) is 0.0769. The standard InChI is InChI=1S/C13H11N5S/c1-14-12-17-18-11(7-16-13(18)19-12)9-2-3-10-8(6-9)4-5-15-10/h2-7,15H,1H3,(H,14,17). The fourth-order valence-corrected chi connectivity index (χ4v) is 2.93. The summed E-state index contributed by atoms with van der Waals surface area (Å²) in [5.41, 5.74) is 3.27. The van der Waals surface area contributed by atoms with E-state index in [0.717, 1.165) is 26.9 Å². The molecule has 3 heterocycles. The molecule has 0 fully saturated rings. The number of hydrogen-bond donors (Lipinski definition) is 2. The zero-order valence-corrected chi connectivity index (χ0v) is 11.0. The van der Waals surface area contributed by atoms with E-state index in [4.69, 9.17) is 0 Å². The maximum absolute atomic E-state index is 4.49. The van der Waals surface area contributed by atoms with E-state index in [-0.39, 0.29) is 0 Å². The molecule has 0 amide bonds. The summed E-state index contributed by atoms with van der Waals surface area (Å²) in [5.74, 6) is 0. The van der Waals surface area contributed by atoms with Gasteiger partial charge < -0.3 is 10.3 Å². The van der Waals surface area contributed by atoms with E-state index in [2.05, 4.69) is 44.6 Å². The lowest BCUT2D eigenvalue weighted by molar-refractivity contribution is 0.982. The first-order valence-electron chi connectivity index (χ1n) is 5.95. The molecule has 19 heavy (non-hydrogen) atoms. The van der Waals surface area contributed by atoms with Crippen LogP contribution in [-0.2, 0) is 0 Å². The lowest BCUT2D eigenvalue weighted by Crippen LogP contribution is -1.91. The number of hydrogen-bond acceptors (Lipinski definition) is 4.